The Hall–Kier alpha value is -1.30. The van der Waals surface area contributed by atoms with Crippen LogP contribution in [0.5, 0.6) is 0 Å². The SMILES string of the molecule is C[C@@H]1CCC[C@H](C)N1C(=O)N1CCN(CCC(=O)O)CC1. The summed E-state index contributed by atoms with van der Waals surface area (Å²) in [5.74, 6) is -0.760. The molecule has 0 unspecified atom stereocenters. The van der Waals surface area contributed by atoms with Gasteiger partial charge in [0.15, 0.2) is 0 Å². The fourth-order valence-corrected chi connectivity index (χ4v) is 3.38. The van der Waals surface area contributed by atoms with E-state index in [9.17, 15) is 9.59 Å². The van der Waals surface area contributed by atoms with Crippen molar-refractivity contribution in [3.63, 3.8) is 0 Å². The van der Waals surface area contributed by atoms with Crippen LogP contribution in [0.25, 0.3) is 0 Å². The first-order valence-corrected chi connectivity index (χ1v) is 8.00. The van der Waals surface area contributed by atoms with Gasteiger partial charge in [-0.2, -0.15) is 0 Å². The minimum atomic E-state index is -0.760. The van der Waals surface area contributed by atoms with Gasteiger partial charge in [0.2, 0.25) is 0 Å². The molecule has 21 heavy (non-hydrogen) atoms. The number of likely N-dealkylation sites (tertiary alicyclic amines) is 1. The van der Waals surface area contributed by atoms with Crippen LogP contribution in [-0.2, 0) is 4.79 Å². The van der Waals surface area contributed by atoms with E-state index in [-0.39, 0.29) is 12.5 Å². The van der Waals surface area contributed by atoms with E-state index in [0.29, 0.717) is 31.7 Å². The van der Waals surface area contributed by atoms with E-state index in [1.807, 2.05) is 9.80 Å². The lowest BCUT2D eigenvalue weighted by atomic mass is 9.98. The summed E-state index contributed by atoms with van der Waals surface area (Å²) >= 11 is 0. The molecule has 2 fully saturated rings. The molecule has 2 aliphatic heterocycles. The van der Waals surface area contributed by atoms with Crippen molar-refractivity contribution >= 4 is 12.0 Å². The summed E-state index contributed by atoms with van der Waals surface area (Å²) in [6.45, 7) is 7.80. The standard InChI is InChI=1S/C15H27N3O3/c1-12-4-3-5-13(2)18(12)15(21)17-10-8-16(9-11-17)7-6-14(19)20/h12-13H,3-11H2,1-2H3,(H,19,20)/t12-,13+. The average molecular weight is 297 g/mol. The van der Waals surface area contributed by atoms with Crippen molar-refractivity contribution < 1.29 is 14.7 Å². The molecule has 120 valence electrons. The van der Waals surface area contributed by atoms with Crippen molar-refractivity contribution in [2.75, 3.05) is 32.7 Å². The van der Waals surface area contributed by atoms with E-state index in [0.717, 1.165) is 25.9 Å². The van der Waals surface area contributed by atoms with E-state index < -0.39 is 5.97 Å². The summed E-state index contributed by atoms with van der Waals surface area (Å²) in [6, 6.07) is 0.810. The molecule has 2 saturated heterocycles. The number of piperidine rings is 1. The summed E-state index contributed by atoms with van der Waals surface area (Å²) < 4.78 is 0. The molecule has 6 nitrogen and oxygen atoms in total. The third-order valence-corrected chi connectivity index (χ3v) is 4.70. The number of carboxylic acids is 1. The zero-order chi connectivity index (χ0) is 15.4. The van der Waals surface area contributed by atoms with Crippen LogP contribution in [0.1, 0.15) is 39.5 Å². The monoisotopic (exact) mass is 297 g/mol. The van der Waals surface area contributed by atoms with Crippen LogP contribution in [0, 0.1) is 0 Å². The van der Waals surface area contributed by atoms with Crippen LogP contribution < -0.4 is 0 Å². The highest BCUT2D eigenvalue weighted by molar-refractivity contribution is 5.75. The van der Waals surface area contributed by atoms with Crippen LogP contribution in [0.15, 0.2) is 0 Å². The van der Waals surface area contributed by atoms with Gasteiger partial charge in [-0.15, -0.1) is 0 Å². The molecule has 2 aliphatic rings. The minimum Gasteiger partial charge on any atom is -0.481 e. The van der Waals surface area contributed by atoms with Gasteiger partial charge in [0.05, 0.1) is 6.42 Å². The molecule has 1 N–H and O–H groups in total. The van der Waals surface area contributed by atoms with E-state index in [4.69, 9.17) is 5.11 Å². The zero-order valence-electron chi connectivity index (χ0n) is 13.1. The van der Waals surface area contributed by atoms with Gasteiger partial charge >= 0.3 is 12.0 Å². The molecule has 0 bridgehead atoms. The molecule has 2 amide bonds. The molecule has 0 saturated carbocycles. The number of rotatable bonds is 3. The Morgan fingerprint density at radius 3 is 2.14 bits per heavy atom. The Balaban J connectivity index is 1.83. The maximum atomic E-state index is 12.7. The molecule has 0 aliphatic carbocycles. The highest BCUT2D eigenvalue weighted by atomic mass is 16.4. The Labute approximate surface area is 126 Å². The topological polar surface area (TPSA) is 64.1 Å². The van der Waals surface area contributed by atoms with Crippen LogP contribution in [-0.4, -0.2) is 76.6 Å². The molecule has 0 aromatic carbocycles. The molecular formula is C15H27N3O3. The first kappa shape index (κ1) is 16.1. The maximum absolute atomic E-state index is 12.7. The van der Waals surface area contributed by atoms with E-state index >= 15 is 0 Å². The molecule has 0 spiro atoms. The third-order valence-electron chi connectivity index (χ3n) is 4.70. The lowest BCUT2D eigenvalue weighted by molar-refractivity contribution is -0.137. The number of hydrogen-bond acceptors (Lipinski definition) is 3. The number of urea groups is 1. The van der Waals surface area contributed by atoms with E-state index in [1.165, 1.54) is 6.42 Å². The average Bonchev–Trinajstić information content (AvgIpc) is 2.45. The lowest BCUT2D eigenvalue weighted by Crippen LogP contribution is -2.57. The van der Waals surface area contributed by atoms with Crippen molar-refractivity contribution in [1.29, 1.82) is 0 Å². The van der Waals surface area contributed by atoms with Gasteiger partial charge in [-0.1, -0.05) is 0 Å². The Kier molecular flexibility index (Phi) is 5.45. The summed E-state index contributed by atoms with van der Waals surface area (Å²) in [5, 5.41) is 8.71. The van der Waals surface area contributed by atoms with Crippen molar-refractivity contribution in [1.82, 2.24) is 14.7 Å². The van der Waals surface area contributed by atoms with Crippen LogP contribution in [0.2, 0.25) is 0 Å². The molecule has 2 rings (SSSR count). The van der Waals surface area contributed by atoms with Gasteiger partial charge in [-0.3, -0.25) is 9.69 Å². The number of piperazine rings is 1. The second kappa shape index (κ2) is 7.11. The van der Waals surface area contributed by atoms with Crippen molar-refractivity contribution in [2.24, 2.45) is 0 Å². The Bertz CT molecular complexity index is 370. The van der Waals surface area contributed by atoms with Gasteiger partial charge in [0.25, 0.3) is 0 Å². The van der Waals surface area contributed by atoms with Gasteiger partial charge < -0.3 is 14.9 Å². The Morgan fingerprint density at radius 1 is 1.05 bits per heavy atom. The zero-order valence-corrected chi connectivity index (χ0v) is 13.1. The number of aliphatic carboxylic acids is 1. The highest BCUT2D eigenvalue weighted by Crippen LogP contribution is 2.24. The van der Waals surface area contributed by atoms with Crippen LogP contribution >= 0.6 is 0 Å². The first-order chi connectivity index (χ1) is 9.99. The maximum Gasteiger partial charge on any atom is 0.320 e. The second-order valence-electron chi connectivity index (χ2n) is 6.29. The predicted octanol–water partition coefficient (Wildman–Crippen LogP) is 1.46. The fourth-order valence-electron chi connectivity index (χ4n) is 3.38. The molecule has 0 radical (unpaired) electrons. The second-order valence-corrected chi connectivity index (χ2v) is 6.29. The smallest absolute Gasteiger partial charge is 0.320 e. The van der Waals surface area contributed by atoms with Crippen LogP contribution in [0.3, 0.4) is 0 Å². The molecule has 2 atom stereocenters. The van der Waals surface area contributed by atoms with Gasteiger partial charge in [-0.05, 0) is 33.1 Å². The lowest BCUT2D eigenvalue weighted by Gasteiger charge is -2.44. The first-order valence-electron chi connectivity index (χ1n) is 8.00. The van der Waals surface area contributed by atoms with Gasteiger partial charge in [0, 0.05) is 44.8 Å². The van der Waals surface area contributed by atoms with Crippen molar-refractivity contribution in [3.8, 4) is 0 Å². The normalized spacial score (nSPS) is 27.7. The van der Waals surface area contributed by atoms with Crippen LogP contribution in [0.4, 0.5) is 4.79 Å². The number of carbonyl (C=O) groups is 2. The van der Waals surface area contributed by atoms with Crippen molar-refractivity contribution in [3.05, 3.63) is 0 Å². The summed E-state index contributed by atoms with van der Waals surface area (Å²) in [4.78, 5) is 29.4. The number of carbonyl (C=O) groups excluding carboxylic acids is 1. The largest absolute Gasteiger partial charge is 0.481 e. The van der Waals surface area contributed by atoms with Gasteiger partial charge in [0.1, 0.15) is 0 Å². The summed E-state index contributed by atoms with van der Waals surface area (Å²) in [6.07, 6.45) is 3.56. The third kappa shape index (κ3) is 4.09. The van der Waals surface area contributed by atoms with Gasteiger partial charge in [-0.25, -0.2) is 4.79 Å². The quantitative estimate of drug-likeness (QED) is 0.856. The highest BCUT2D eigenvalue weighted by Gasteiger charge is 2.33. The number of nitrogens with zero attached hydrogens (tertiary/aromatic N) is 3. The molecule has 0 aromatic heterocycles. The minimum absolute atomic E-state index is 0.160. The fraction of sp³-hybridized carbons (Fsp3) is 0.867. The molecule has 0 aromatic rings. The Morgan fingerprint density at radius 2 is 1.62 bits per heavy atom. The van der Waals surface area contributed by atoms with E-state index in [2.05, 4.69) is 18.7 Å². The molecule has 2 heterocycles. The summed E-state index contributed by atoms with van der Waals surface area (Å²) in [5.41, 5.74) is 0. The number of carboxylic acid groups (broad SMARTS) is 1. The summed E-state index contributed by atoms with van der Waals surface area (Å²) in [7, 11) is 0. The van der Waals surface area contributed by atoms with E-state index in [1.54, 1.807) is 0 Å². The molecular weight excluding hydrogens is 270 g/mol. The number of hydrogen-bond donors (Lipinski definition) is 1. The number of amides is 2. The molecule has 6 heteroatoms. The predicted molar refractivity (Wildman–Crippen MR) is 80.3 cm³/mol. The van der Waals surface area contributed by atoms with Crippen molar-refractivity contribution in [2.45, 2.75) is 51.6 Å².